The summed E-state index contributed by atoms with van der Waals surface area (Å²) in [4.78, 5) is 0. The van der Waals surface area contributed by atoms with E-state index in [9.17, 15) is 0 Å². The van der Waals surface area contributed by atoms with Gasteiger partial charge in [-0.1, -0.05) is 0 Å². The zero-order chi connectivity index (χ0) is 10.8. The minimum atomic E-state index is 0.754. The summed E-state index contributed by atoms with van der Waals surface area (Å²) in [7, 11) is 0. The Hall–Kier alpha value is -0.900. The standard InChI is InChI=1S/C12H19N3O/c1-2-6-15-11(3-1)13-14-12(15)9-10-4-7-16-8-5-10/h10H,1-9H2. The molecular weight excluding hydrogens is 202 g/mol. The molecule has 4 nitrogen and oxygen atoms in total. The van der Waals surface area contributed by atoms with Crippen LogP contribution in [0, 0.1) is 5.92 Å². The van der Waals surface area contributed by atoms with Crippen LogP contribution in [0.3, 0.4) is 0 Å². The van der Waals surface area contributed by atoms with E-state index in [-0.39, 0.29) is 0 Å². The maximum atomic E-state index is 5.39. The van der Waals surface area contributed by atoms with E-state index in [2.05, 4.69) is 14.8 Å². The number of aryl methyl sites for hydroxylation is 1. The van der Waals surface area contributed by atoms with Crippen molar-refractivity contribution in [3.8, 4) is 0 Å². The maximum Gasteiger partial charge on any atom is 0.133 e. The molecule has 16 heavy (non-hydrogen) atoms. The minimum Gasteiger partial charge on any atom is -0.381 e. The van der Waals surface area contributed by atoms with Crippen LogP contribution in [0.2, 0.25) is 0 Å². The van der Waals surface area contributed by atoms with E-state index in [4.69, 9.17) is 4.74 Å². The van der Waals surface area contributed by atoms with Gasteiger partial charge >= 0.3 is 0 Å². The SMILES string of the molecule is C1CCn2c(nnc2CC2CCOCC2)C1. The van der Waals surface area contributed by atoms with Gasteiger partial charge in [-0.15, -0.1) is 10.2 Å². The van der Waals surface area contributed by atoms with Gasteiger partial charge in [0.05, 0.1) is 0 Å². The van der Waals surface area contributed by atoms with Crippen LogP contribution < -0.4 is 0 Å². The zero-order valence-electron chi connectivity index (χ0n) is 9.69. The number of rotatable bonds is 2. The van der Waals surface area contributed by atoms with E-state index in [1.165, 1.54) is 37.3 Å². The number of aromatic nitrogens is 3. The molecule has 1 aromatic heterocycles. The third-order valence-corrected chi connectivity index (χ3v) is 3.75. The Kier molecular flexibility index (Phi) is 2.91. The smallest absolute Gasteiger partial charge is 0.133 e. The van der Waals surface area contributed by atoms with Gasteiger partial charge in [0, 0.05) is 32.6 Å². The van der Waals surface area contributed by atoms with E-state index >= 15 is 0 Å². The van der Waals surface area contributed by atoms with Crippen molar-refractivity contribution in [2.75, 3.05) is 13.2 Å². The molecule has 0 aromatic carbocycles. The van der Waals surface area contributed by atoms with Gasteiger partial charge in [-0.2, -0.15) is 0 Å². The lowest BCUT2D eigenvalue weighted by molar-refractivity contribution is 0.0656. The highest BCUT2D eigenvalue weighted by Gasteiger charge is 2.20. The normalized spacial score (nSPS) is 22.0. The molecule has 0 N–H and O–H groups in total. The zero-order valence-corrected chi connectivity index (χ0v) is 9.69. The summed E-state index contributed by atoms with van der Waals surface area (Å²) >= 11 is 0. The fraction of sp³-hybridized carbons (Fsp3) is 0.833. The van der Waals surface area contributed by atoms with Crippen LogP contribution in [0.1, 0.15) is 37.3 Å². The third kappa shape index (κ3) is 1.98. The van der Waals surface area contributed by atoms with E-state index in [0.717, 1.165) is 38.5 Å². The Balaban J connectivity index is 1.71. The van der Waals surface area contributed by atoms with E-state index in [1.807, 2.05) is 0 Å². The molecule has 3 heterocycles. The van der Waals surface area contributed by atoms with Gasteiger partial charge in [0.25, 0.3) is 0 Å². The molecule has 0 spiro atoms. The largest absolute Gasteiger partial charge is 0.381 e. The van der Waals surface area contributed by atoms with Crippen molar-refractivity contribution in [3.05, 3.63) is 11.6 Å². The molecule has 0 unspecified atom stereocenters. The fourth-order valence-electron chi connectivity index (χ4n) is 2.73. The topological polar surface area (TPSA) is 39.9 Å². The molecule has 0 amide bonds. The van der Waals surface area contributed by atoms with Gasteiger partial charge in [0.1, 0.15) is 11.6 Å². The Morgan fingerprint density at radius 1 is 1.19 bits per heavy atom. The van der Waals surface area contributed by atoms with Crippen LogP contribution in [0.5, 0.6) is 0 Å². The van der Waals surface area contributed by atoms with Crippen molar-refractivity contribution in [1.29, 1.82) is 0 Å². The van der Waals surface area contributed by atoms with Gasteiger partial charge in [0.2, 0.25) is 0 Å². The molecule has 3 rings (SSSR count). The summed E-state index contributed by atoms with van der Waals surface area (Å²) < 4.78 is 7.73. The molecule has 0 aliphatic carbocycles. The molecule has 1 fully saturated rings. The van der Waals surface area contributed by atoms with Gasteiger partial charge < -0.3 is 9.30 Å². The molecule has 1 saturated heterocycles. The molecule has 0 radical (unpaired) electrons. The predicted octanol–water partition coefficient (Wildman–Crippen LogP) is 1.58. The second kappa shape index (κ2) is 4.53. The van der Waals surface area contributed by atoms with Gasteiger partial charge in [0.15, 0.2) is 0 Å². The quantitative estimate of drug-likeness (QED) is 0.761. The molecule has 0 saturated carbocycles. The summed E-state index contributed by atoms with van der Waals surface area (Å²) in [5.74, 6) is 3.17. The van der Waals surface area contributed by atoms with Crippen LogP contribution in [-0.2, 0) is 24.1 Å². The average Bonchev–Trinajstić information content (AvgIpc) is 2.74. The van der Waals surface area contributed by atoms with Crippen molar-refractivity contribution in [2.24, 2.45) is 5.92 Å². The lowest BCUT2D eigenvalue weighted by Gasteiger charge is -2.22. The third-order valence-electron chi connectivity index (χ3n) is 3.75. The lowest BCUT2D eigenvalue weighted by atomic mass is 9.96. The highest BCUT2D eigenvalue weighted by molar-refractivity contribution is 5.00. The minimum absolute atomic E-state index is 0.754. The Morgan fingerprint density at radius 2 is 2.06 bits per heavy atom. The summed E-state index contributed by atoms with van der Waals surface area (Å²) in [5.41, 5.74) is 0. The molecule has 4 heteroatoms. The number of hydrogen-bond acceptors (Lipinski definition) is 3. The van der Waals surface area contributed by atoms with Crippen molar-refractivity contribution in [1.82, 2.24) is 14.8 Å². The van der Waals surface area contributed by atoms with Crippen molar-refractivity contribution in [3.63, 3.8) is 0 Å². The van der Waals surface area contributed by atoms with Gasteiger partial charge in [-0.05, 0) is 31.6 Å². The summed E-state index contributed by atoms with van der Waals surface area (Å²) in [6.45, 7) is 2.97. The van der Waals surface area contributed by atoms with Crippen LogP contribution >= 0.6 is 0 Å². The van der Waals surface area contributed by atoms with E-state index < -0.39 is 0 Å². The summed E-state index contributed by atoms with van der Waals surface area (Å²) in [6, 6.07) is 0. The molecule has 1 aromatic rings. The first kappa shape index (κ1) is 10.3. The molecule has 2 aliphatic rings. The highest BCUT2D eigenvalue weighted by Crippen LogP contribution is 2.21. The molecule has 0 atom stereocenters. The molecule has 2 aliphatic heterocycles. The average molecular weight is 221 g/mol. The molecule has 88 valence electrons. The summed E-state index contributed by atoms with van der Waals surface area (Å²) in [6.07, 6.45) is 7.13. The monoisotopic (exact) mass is 221 g/mol. The second-order valence-corrected chi connectivity index (χ2v) is 4.90. The van der Waals surface area contributed by atoms with Crippen LogP contribution in [0.4, 0.5) is 0 Å². The molecule has 0 bridgehead atoms. The number of ether oxygens (including phenoxy) is 1. The number of hydrogen-bond donors (Lipinski definition) is 0. The van der Waals surface area contributed by atoms with Crippen LogP contribution in [0.25, 0.3) is 0 Å². The van der Waals surface area contributed by atoms with Gasteiger partial charge in [-0.25, -0.2) is 0 Å². The number of nitrogens with zero attached hydrogens (tertiary/aromatic N) is 3. The first-order chi connectivity index (χ1) is 7.93. The van der Waals surface area contributed by atoms with E-state index in [0.29, 0.717) is 0 Å². The first-order valence-electron chi connectivity index (χ1n) is 6.42. The maximum absolute atomic E-state index is 5.39. The second-order valence-electron chi connectivity index (χ2n) is 4.90. The Morgan fingerprint density at radius 3 is 2.94 bits per heavy atom. The number of fused-ring (bicyclic) bond motifs is 1. The van der Waals surface area contributed by atoms with Crippen LogP contribution in [-0.4, -0.2) is 28.0 Å². The van der Waals surface area contributed by atoms with Crippen LogP contribution in [0.15, 0.2) is 0 Å². The predicted molar refractivity (Wildman–Crippen MR) is 60.2 cm³/mol. The first-order valence-corrected chi connectivity index (χ1v) is 6.42. The lowest BCUT2D eigenvalue weighted by Crippen LogP contribution is -2.20. The Bertz CT molecular complexity index is 355. The van der Waals surface area contributed by atoms with Gasteiger partial charge in [-0.3, -0.25) is 0 Å². The van der Waals surface area contributed by atoms with Crippen molar-refractivity contribution >= 4 is 0 Å². The molecular formula is C12H19N3O. The highest BCUT2D eigenvalue weighted by atomic mass is 16.5. The van der Waals surface area contributed by atoms with Crippen molar-refractivity contribution < 1.29 is 4.74 Å². The fourth-order valence-corrected chi connectivity index (χ4v) is 2.73. The summed E-state index contributed by atoms with van der Waals surface area (Å²) in [5, 5.41) is 8.67. The Labute approximate surface area is 96.0 Å². The van der Waals surface area contributed by atoms with E-state index in [1.54, 1.807) is 0 Å². The van der Waals surface area contributed by atoms with Crippen molar-refractivity contribution in [2.45, 2.75) is 45.1 Å².